The molecule has 0 amide bonds. The Morgan fingerprint density at radius 2 is 1.36 bits per heavy atom. The Morgan fingerprint density at radius 3 is 1.95 bits per heavy atom. The zero-order chi connectivity index (χ0) is 16.2. The molecule has 1 aliphatic carbocycles. The Balaban J connectivity index is 2.23. The van der Waals surface area contributed by atoms with Crippen molar-refractivity contribution in [1.29, 1.82) is 0 Å². The standard InChI is InChI=1S/C15H16N2O5/c16-5-1-2-6-7(3-5)9(17)4-8(6)10-11(18)13(20)15(22)14(21)12(10)19/h1-3,8-9,18-22H,4,16-17H2/t8-,9+/m1/s1. The van der Waals surface area contributed by atoms with Crippen molar-refractivity contribution in [2.45, 2.75) is 18.4 Å². The lowest BCUT2D eigenvalue weighted by Gasteiger charge is -2.18. The highest BCUT2D eigenvalue weighted by molar-refractivity contribution is 5.70. The van der Waals surface area contributed by atoms with E-state index in [0.29, 0.717) is 12.1 Å². The molecule has 0 fully saturated rings. The first-order chi connectivity index (χ1) is 10.3. The highest BCUT2D eigenvalue weighted by Crippen LogP contribution is 2.57. The van der Waals surface area contributed by atoms with Gasteiger partial charge in [-0.1, -0.05) is 6.07 Å². The van der Waals surface area contributed by atoms with E-state index in [1.54, 1.807) is 18.2 Å². The minimum atomic E-state index is -0.974. The predicted octanol–water partition coefficient (Wildman–Crippen LogP) is 1.33. The fourth-order valence-electron chi connectivity index (χ4n) is 3.05. The summed E-state index contributed by atoms with van der Waals surface area (Å²) in [6, 6.07) is 4.74. The van der Waals surface area contributed by atoms with Crippen LogP contribution in [0.4, 0.5) is 5.69 Å². The Hall–Kier alpha value is -2.80. The number of hydrogen-bond acceptors (Lipinski definition) is 7. The van der Waals surface area contributed by atoms with Crippen LogP contribution in [-0.2, 0) is 0 Å². The second-order valence-electron chi connectivity index (χ2n) is 5.44. The summed E-state index contributed by atoms with van der Waals surface area (Å²) in [6.45, 7) is 0. The fraction of sp³-hybridized carbons (Fsp3) is 0.200. The summed E-state index contributed by atoms with van der Waals surface area (Å²) in [4.78, 5) is 0. The molecule has 0 spiro atoms. The first-order valence-corrected chi connectivity index (χ1v) is 6.66. The van der Waals surface area contributed by atoms with Gasteiger partial charge in [-0.15, -0.1) is 0 Å². The van der Waals surface area contributed by atoms with Crippen LogP contribution in [0.3, 0.4) is 0 Å². The highest BCUT2D eigenvalue weighted by Gasteiger charge is 2.36. The monoisotopic (exact) mass is 304 g/mol. The van der Waals surface area contributed by atoms with E-state index >= 15 is 0 Å². The number of anilines is 1. The molecule has 0 aliphatic heterocycles. The second-order valence-corrected chi connectivity index (χ2v) is 5.44. The number of benzene rings is 2. The molecule has 7 nitrogen and oxygen atoms in total. The van der Waals surface area contributed by atoms with Crippen molar-refractivity contribution in [3.8, 4) is 28.7 Å². The van der Waals surface area contributed by atoms with E-state index in [2.05, 4.69) is 0 Å². The molecule has 2 aromatic carbocycles. The van der Waals surface area contributed by atoms with Gasteiger partial charge in [-0.3, -0.25) is 0 Å². The van der Waals surface area contributed by atoms with Crippen LogP contribution >= 0.6 is 0 Å². The van der Waals surface area contributed by atoms with Gasteiger partial charge in [0.25, 0.3) is 0 Å². The lowest BCUT2D eigenvalue weighted by Crippen LogP contribution is -2.06. The number of nitrogens with two attached hydrogens (primary N) is 2. The number of aromatic hydroxyl groups is 5. The van der Waals surface area contributed by atoms with Crippen LogP contribution in [0, 0.1) is 0 Å². The summed E-state index contributed by atoms with van der Waals surface area (Å²) in [7, 11) is 0. The van der Waals surface area contributed by atoms with Gasteiger partial charge in [0.15, 0.2) is 11.5 Å². The summed E-state index contributed by atoms with van der Waals surface area (Å²) < 4.78 is 0. The topological polar surface area (TPSA) is 153 Å². The van der Waals surface area contributed by atoms with Crippen LogP contribution in [0.2, 0.25) is 0 Å². The molecule has 7 heteroatoms. The lowest BCUT2D eigenvalue weighted by atomic mass is 9.90. The molecule has 2 aromatic rings. The zero-order valence-electron chi connectivity index (χ0n) is 11.5. The molecule has 0 radical (unpaired) electrons. The third-order valence-corrected chi connectivity index (χ3v) is 4.13. The third-order valence-electron chi connectivity index (χ3n) is 4.13. The van der Waals surface area contributed by atoms with E-state index in [-0.39, 0.29) is 11.6 Å². The number of hydrogen-bond donors (Lipinski definition) is 7. The molecule has 3 rings (SSSR count). The molecule has 1 aliphatic rings. The number of phenols is 5. The fourth-order valence-corrected chi connectivity index (χ4v) is 3.05. The molecule has 116 valence electrons. The first-order valence-electron chi connectivity index (χ1n) is 6.66. The number of phenolic OH excluding ortho intramolecular Hbond substituents is 5. The first kappa shape index (κ1) is 14.2. The van der Waals surface area contributed by atoms with Crippen LogP contribution in [0.5, 0.6) is 28.7 Å². The van der Waals surface area contributed by atoms with Crippen molar-refractivity contribution >= 4 is 5.69 Å². The Kier molecular flexibility index (Phi) is 2.96. The molecule has 0 heterocycles. The third kappa shape index (κ3) is 1.79. The molecule has 2 atom stereocenters. The number of rotatable bonds is 1. The van der Waals surface area contributed by atoms with Crippen LogP contribution < -0.4 is 11.5 Å². The Labute approximate surface area is 125 Å². The van der Waals surface area contributed by atoms with Gasteiger partial charge in [-0.25, -0.2) is 0 Å². The molecular formula is C15H16N2O5. The average molecular weight is 304 g/mol. The summed E-state index contributed by atoms with van der Waals surface area (Å²) in [5.41, 5.74) is 13.8. The average Bonchev–Trinajstić information content (AvgIpc) is 2.80. The Morgan fingerprint density at radius 1 is 0.818 bits per heavy atom. The molecule has 0 saturated heterocycles. The maximum absolute atomic E-state index is 10.1. The van der Waals surface area contributed by atoms with Gasteiger partial charge in [0, 0.05) is 17.6 Å². The largest absolute Gasteiger partial charge is 0.504 e. The van der Waals surface area contributed by atoms with Crippen molar-refractivity contribution in [3.63, 3.8) is 0 Å². The summed E-state index contributed by atoms with van der Waals surface area (Å²) in [6.07, 6.45) is 0.351. The summed E-state index contributed by atoms with van der Waals surface area (Å²) in [5.74, 6) is -4.66. The van der Waals surface area contributed by atoms with E-state index < -0.39 is 34.7 Å². The van der Waals surface area contributed by atoms with Crippen molar-refractivity contribution in [3.05, 3.63) is 34.9 Å². The number of fused-ring (bicyclic) bond motifs is 1. The number of nitrogen functional groups attached to an aromatic ring is 1. The lowest BCUT2D eigenvalue weighted by molar-refractivity contribution is 0.322. The van der Waals surface area contributed by atoms with Gasteiger partial charge < -0.3 is 37.0 Å². The quantitative estimate of drug-likeness (QED) is 0.238. The van der Waals surface area contributed by atoms with E-state index in [4.69, 9.17) is 11.5 Å². The van der Waals surface area contributed by atoms with Gasteiger partial charge in [-0.05, 0) is 29.7 Å². The van der Waals surface area contributed by atoms with E-state index in [9.17, 15) is 25.5 Å². The molecule has 9 N–H and O–H groups in total. The Bertz CT molecular complexity index is 746. The normalized spacial score (nSPS) is 20.0. The van der Waals surface area contributed by atoms with Gasteiger partial charge >= 0.3 is 0 Å². The molecule has 0 bridgehead atoms. The van der Waals surface area contributed by atoms with E-state index in [1.165, 1.54) is 0 Å². The van der Waals surface area contributed by atoms with Gasteiger partial charge in [-0.2, -0.15) is 0 Å². The highest BCUT2D eigenvalue weighted by atomic mass is 16.4. The SMILES string of the molecule is Nc1ccc2c(c1)[C@@H](N)C[C@H]2c1c(O)c(O)c(O)c(O)c1O. The molecule has 0 unspecified atom stereocenters. The smallest absolute Gasteiger partial charge is 0.208 e. The molecule has 0 aromatic heterocycles. The van der Waals surface area contributed by atoms with Crippen LogP contribution in [0.1, 0.15) is 35.1 Å². The van der Waals surface area contributed by atoms with Crippen LogP contribution in [0.15, 0.2) is 18.2 Å². The maximum Gasteiger partial charge on any atom is 0.208 e. The van der Waals surface area contributed by atoms with Gasteiger partial charge in [0.2, 0.25) is 17.2 Å². The van der Waals surface area contributed by atoms with Gasteiger partial charge in [0.1, 0.15) is 0 Å². The predicted molar refractivity (Wildman–Crippen MR) is 79.0 cm³/mol. The summed E-state index contributed by atoms with van der Waals surface area (Å²) in [5, 5.41) is 49.0. The molecular weight excluding hydrogens is 288 g/mol. The molecule has 0 saturated carbocycles. The van der Waals surface area contributed by atoms with Crippen molar-refractivity contribution in [1.82, 2.24) is 0 Å². The van der Waals surface area contributed by atoms with Crippen molar-refractivity contribution in [2.75, 3.05) is 5.73 Å². The zero-order valence-corrected chi connectivity index (χ0v) is 11.5. The van der Waals surface area contributed by atoms with Crippen LogP contribution in [0.25, 0.3) is 0 Å². The molecule has 22 heavy (non-hydrogen) atoms. The minimum absolute atomic E-state index is 0.0771. The van der Waals surface area contributed by atoms with E-state index in [1.807, 2.05) is 0 Å². The second kappa shape index (κ2) is 4.60. The van der Waals surface area contributed by atoms with Crippen LogP contribution in [-0.4, -0.2) is 25.5 Å². The minimum Gasteiger partial charge on any atom is -0.504 e. The summed E-state index contributed by atoms with van der Waals surface area (Å²) >= 11 is 0. The van der Waals surface area contributed by atoms with Crippen molar-refractivity contribution in [2.24, 2.45) is 5.73 Å². The maximum atomic E-state index is 10.1. The van der Waals surface area contributed by atoms with Crippen molar-refractivity contribution < 1.29 is 25.5 Å². The van der Waals surface area contributed by atoms with E-state index in [0.717, 1.165) is 11.1 Å². The van der Waals surface area contributed by atoms with Gasteiger partial charge in [0.05, 0.1) is 5.56 Å².